The molecule has 0 aliphatic carbocycles. The molecule has 2 aromatic heterocycles. The van der Waals surface area contributed by atoms with E-state index in [0.717, 1.165) is 27.4 Å². The zero-order valence-electron chi connectivity index (χ0n) is 11.1. The normalized spacial score (nSPS) is 11.1. The zero-order valence-corrected chi connectivity index (χ0v) is 11.1. The highest BCUT2D eigenvalue weighted by atomic mass is 19.1. The first kappa shape index (κ1) is 12.0. The van der Waals surface area contributed by atoms with Gasteiger partial charge in [0.15, 0.2) is 0 Å². The van der Waals surface area contributed by atoms with Gasteiger partial charge < -0.3 is 0 Å². The minimum atomic E-state index is -0.459. The Balaban J connectivity index is 2.09. The van der Waals surface area contributed by atoms with E-state index in [2.05, 4.69) is 9.97 Å². The fourth-order valence-corrected chi connectivity index (χ4v) is 2.67. The molecule has 0 saturated heterocycles. The molecule has 0 radical (unpaired) electrons. The largest absolute Gasteiger partial charge is 0.256 e. The van der Waals surface area contributed by atoms with E-state index in [9.17, 15) is 4.39 Å². The summed E-state index contributed by atoms with van der Waals surface area (Å²) in [7, 11) is 0. The number of fused-ring (bicyclic) bond motifs is 3. The van der Waals surface area contributed by atoms with E-state index in [1.165, 1.54) is 6.07 Å². The zero-order chi connectivity index (χ0) is 14.2. The smallest absolute Gasteiger partial charge is 0.213 e. The fourth-order valence-electron chi connectivity index (χ4n) is 2.67. The van der Waals surface area contributed by atoms with Crippen LogP contribution in [0.5, 0.6) is 0 Å². The topological polar surface area (TPSA) is 25.8 Å². The molecule has 0 aliphatic rings. The number of nitrogens with zero attached hydrogens (tertiary/aromatic N) is 2. The standard InChI is InChI=1S/C18H11FN2/c19-17-9-7-14-13-10-11-20-18(12-4-2-1-3-5-12)15(13)6-8-16(14)21-17/h1-11H. The summed E-state index contributed by atoms with van der Waals surface area (Å²) in [6.45, 7) is 0. The predicted octanol–water partition coefficient (Wildman–Crippen LogP) is 4.59. The van der Waals surface area contributed by atoms with Gasteiger partial charge in [-0.15, -0.1) is 0 Å². The quantitative estimate of drug-likeness (QED) is 0.375. The van der Waals surface area contributed by atoms with Gasteiger partial charge in [-0.3, -0.25) is 4.98 Å². The molecule has 0 atom stereocenters. The first-order valence-electron chi connectivity index (χ1n) is 6.72. The first-order valence-corrected chi connectivity index (χ1v) is 6.72. The van der Waals surface area contributed by atoms with Crippen LogP contribution in [0, 0.1) is 5.95 Å². The lowest BCUT2D eigenvalue weighted by atomic mass is 10.0. The lowest BCUT2D eigenvalue weighted by molar-refractivity contribution is 0.589. The SMILES string of the molecule is Fc1ccc2c(ccc3c(-c4ccccc4)nccc32)n1. The first-order chi connectivity index (χ1) is 10.3. The van der Waals surface area contributed by atoms with Crippen molar-refractivity contribution in [2.45, 2.75) is 0 Å². The van der Waals surface area contributed by atoms with E-state index in [-0.39, 0.29) is 0 Å². The molecular formula is C18H11FN2. The summed E-state index contributed by atoms with van der Waals surface area (Å²) in [5.74, 6) is -0.459. The van der Waals surface area contributed by atoms with Crippen molar-refractivity contribution >= 4 is 21.7 Å². The van der Waals surface area contributed by atoms with Gasteiger partial charge in [0, 0.05) is 22.5 Å². The van der Waals surface area contributed by atoms with Crippen LogP contribution in [0.2, 0.25) is 0 Å². The van der Waals surface area contributed by atoms with Crippen molar-refractivity contribution in [3.8, 4) is 11.3 Å². The average molecular weight is 274 g/mol. The molecule has 4 aromatic rings. The maximum atomic E-state index is 13.3. The molecule has 0 aliphatic heterocycles. The van der Waals surface area contributed by atoms with E-state index < -0.39 is 5.95 Å². The molecule has 4 rings (SSSR count). The molecule has 3 heteroatoms. The summed E-state index contributed by atoms with van der Waals surface area (Å²) in [5.41, 5.74) is 2.66. The summed E-state index contributed by atoms with van der Waals surface area (Å²) in [4.78, 5) is 8.45. The number of hydrogen-bond acceptors (Lipinski definition) is 2. The number of aromatic nitrogens is 2. The highest BCUT2D eigenvalue weighted by Gasteiger charge is 2.08. The van der Waals surface area contributed by atoms with Crippen LogP contribution in [0.1, 0.15) is 0 Å². The Labute approximate surface area is 120 Å². The van der Waals surface area contributed by atoms with Gasteiger partial charge in [-0.2, -0.15) is 4.39 Å². The predicted molar refractivity (Wildman–Crippen MR) is 82.4 cm³/mol. The molecule has 0 amide bonds. The van der Waals surface area contributed by atoms with Gasteiger partial charge >= 0.3 is 0 Å². The second kappa shape index (κ2) is 4.63. The third-order valence-electron chi connectivity index (χ3n) is 3.63. The van der Waals surface area contributed by atoms with Crippen LogP contribution in [0.4, 0.5) is 4.39 Å². The van der Waals surface area contributed by atoms with Crippen molar-refractivity contribution in [1.29, 1.82) is 0 Å². The molecule has 0 bridgehead atoms. The Morgan fingerprint density at radius 3 is 2.38 bits per heavy atom. The van der Waals surface area contributed by atoms with Gasteiger partial charge in [0.2, 0.25) is 5.95 Å². The molecule has 100 valence electrons. The summed E-state index contributed by atoms with van der Waals surface area (Å²) in [6.07, 6.45) is 1.79. The summed E-state index contributed by atoms with van der Waals surface area (Å²) in [5, 5.41) is 3.02. The van der Waals surface area contributed by atoms with Gasteiger partial charge in [0.1, 0.15) is 0 Å². The lowest BCUT2D eigenvalue weighted by Gasteiger charge is -2.08. The molecule has 2 aromatic carbocycles. The van der Waals surface area contributed by atoms with Crippen LogP contribution in [-0.4, -0.2) is 9.97 Å². The highest BCUT2D eigenvalue weighted by molar-refractivity contribution is 6.10. The van der Waals surface area contributed by atoms with E-state index >= 15 is 0 Å². The van der Waals surface area contributed by atoms with Crippen molar-refractivity contribution in [3.63, 3.8) is 0 Å². The van der Waals surface area contributed by atoms with Gasteiger partial charge in [0.25, 0.3) is 0 Å². The number of benzene rings is 2. The Hall–Kier alpha value is -2.81. The van der Waals surface area contributed by atoms with Gasteiger partial charge in [0.05, 0.1) is 11.2 Å². The van der Waals surface area contributed by atoms with Crippen LogP contribution in [-0.2, 0) is 0 Å². The monoisotopic (exact) mass is 274 g/mol. The minimum absolute atomic E-state index is 0.459. The van der Waals surface area contributed by atoms with Crippen LogP contribution in [0.15, 0.2) is 66.9 Å². The molecule has 0 spiro atoms. The van der Waals surface area contributed by atoms with Crippen molar-refractivity contribution in [2.75, 3.05) is 0 Å². The summed E-state index contributed by atoms with van der Waals surface area (Å²) in [6, 6.07) is 19.0. The van der Waals surface area contributed by atoms with E-state index in [4.69, 9.17) is 0 Å². The van der Waals surface area contributed by atoms with Crippen LogP contribution in [0.25, 0.3) is 32.9 Å². The third-order valence-corrected chi connectivity index (χ3v) is 3.63. The number of hydrogen-bond donors (Lipinski definition) is 0. The highest BCUT2D eigenvalue weighted by Crippen LogP contribution is 2.30. The second-order valence-corrected chi connectivity index (χ2v) is 4.89. The molecule has 2 nitrogen and oxygen atoms in total. The molecule has 0 saturated carbocycles. The summed E-state index contributed by atoms with van der Waals surface area (Å²) < 4.78 is 13.3. The molecular weight excluding hydrogens is 263 g/mol. The lowest BCUT2D eigenvalue weighted by Crippen LogP contribution is -1.89. The van der Waals surface area contributed by atoms with Crippen molar-refractivity contribution in [1.82, 2.24) is 9.97 Å². The van der Waals surface area contributed by atoms with Gasteiger partial charge in [-0.25, -0.2) is 4.98 Å². The molecule has 0 N–H and O–H groups in total. The molecule has 2 heterocycles. The Kier molecular flexibility index (Phi) is 2.64. The molecule has 0 fully saturated rings. The maximum Gasteiger partial charge on any atom is 0.213 e. The van der Waals surface area contributed by atoms with Crippen LogP contribution >= 0.6 is 0 Å². The van der Waals surface area contributed by atoms with Crippen LogP contribution in [0.3, 0.4) is 0 Å². The number of rotatable bonds is 1. The van der Waals surface area contributed by atoms with Crippen molar-refractivity contribution in [3.05, 3.63) is 72.8 Å². The Morgan fingerprint density at radius 1 is 0.714 bits per heavy atom. The van der Waals surface area contributed by atoms with Gasteiger partial charge in [-0.05, 0) is 35.7 Å². The van der Waals surface area contributed by atoms with Crippen LogP contribution < -0.4 is 0 Å². The minimum Gasteiger partial charge on any atom is -0.256 e. The summed E-state index contributed by atoms with van der Waals surface area (Å²) >= 11 is 0. The molecule has 0 unspecified atom stereocenters. The fraction of sp³-hybridized carbons (Fsp3) is 0. The number of halogens is 1. The van der Waals surface area contributed by atoms with E-state index in [1.807, 2.05) is 48.5 Å². The number of pyridine rings is 2. The van der Waals surface area contributed by atoms with Gasteiger partial charge in [-0.1, -0.05) is 30.3 Å². The Bertz CT molecular complexity index is 949. The second-order valence-electron chi connectivity index (χ2n) is 4.89. The average Bonchev–Trinajstić information content (AvgIpc) is 2.54. The maximum absolute atomic E-state index is 13.3. The van der Waals surface area contributed by atoms with Crippen molar-refractivity contribution < 1.29 is 4.39 Å². The van der Waals surface area contributed by atoms with E-state index in [1.54, 1.807) is 12.3 Å². The van der Waals surface area contributed by atoms with E-state index in [0.29, 0.717) is 5.52 Å². The molecule has 21 heavy (non-hydrogen) atoms. The Morgan fingerprint density at radius 2 is 1.52 bits per heavy atom. The third kappa shape index (κ3) is 1.94. The van der Waals surface area contributed by atoms with Crippen molar-refractivity contribution in [2.24, 2.45) is 0 Å².